The van der Waals surface area contributed by atoms with Gasteiger partial charge in [0, 0.05) is 10.6 Å². The molecule has 0 unspecified atom stereocenters. The maximum Gasteiger partial charge on any atom is 0.272 e. The maximum atomic E-state index is 12.0. The highest BCUT2D eigenvalue weighted by atomic mass is 35.5. The SMILES string of the molecule is O=C(N/N=C\c1ccc(-c2ccc(Cl)cc2)o1)c1ccccc1Cl. The Labute approximate surface area is 148 Å². The van der Waals surface area contributed by atoms with Crippen molar-refractivity contribution in [2.24, 2.45) is 5.10 Å². The molecule has 1 N–H and O–H groups in total. The Bertz CT molecular complexity index is 886. The lowest BCUT2D eigenvalue weighted by Crippen LogP contribution is -2.17. The molecule has 4 nitrogen and oxygen atoms in total. The molecular formula is C18H12Cl2N2O2. The molecule has 0 spiro atoms. The van der Waals surface area contributed by atoms with Gasteiger partial charge in [-0.25, -0.2) is 5.43 Å². The second-order valence-corrected chi connectivity index (χ2v) is 5.73. The number of hydrogen-bond donors (Lipinski definition) is 1. The Hall–Kier alpha value is -2.56. The van der Waals surface area contributed by atoms with Gasteiger partial charge in [0.15, 0.2) is 0 Å². The summed E-state index contributed by atoms with van der Waals surface area (Å²) in [5, 5.41) is 4.91. The smallest absolute Gasteiger partial charge is 0.272 e. The van der Waals surface area contributed by atoms with E-state index in [1.807, 2.05) is 18.2 Å². The summed E-state index contributed by atoms with van der Waals surface area (Å²) in [6.45, 7) is 0. The number of nitrogens with zero attached hydrogens (tertiary/aromatic N) is 1. The number of benzene rings is 2. The van der Waals surface area contributed by atoms with Crippen LogP contribution in [0.3, 0.4) is 0 Å². The summed E-state index contributed by atoms with van der Waals surface area (Å²) >= 11 is 11.8. The summed E-state index contributed by atoms with van der Waals surface area (Å²) in [5.74, 6) is 0.811. The number of hydrogen-bond acceptors (Lipinski definition) is 3. The van der Waals surface area contributed by atoms with E-state index in [1.54, 1.807) is 42.5 Å². The van der Waals surface area contributed by atoms with Crippen molar-refractivity contribution in [1.29, 1.82) is 0 Å². The van der Waals surface area contributed by atoms with Crippen LogP contribution in [0.2, 0.25) is 10.0 Å². The van der Waals surface area contributed by atoms with Gasteiger partial charge in [0.05, 0.1) is 16.8 Å². The van der Waals surface area contributed by atoms with E-state index in [4.69, 9.17) is 27.6 Å². The molecule has 0 aliphatic carbocycles. The Morgan fingerprint density at radius 3 is 2.50 bits per heavy atom. The van der Waals surface area contributed by atoms with E-state index >= 15 is 0 Å². The van der Waals surface area contributed by atoms with Gasteiger partial charge in [-0.15, -0.1) is 0 Å². The molecule has 0 bridgehead atoms. The molecule has 120 valence electrons. The van der Waals surface area contributed by atoms with Crippen LogP contribution >= 0.6 is 23.2 Å². The van der Waals surface area contributed by atoms with Crippen LogP contribution in [0.15, 0.2) is 70.2 Å². The zero-order valence-electron chi connectivity index (χ0n) is 12.4. The number of halogens is 2. The lowest BCUT2D eigenvalue weighted by Gasteiger charge is -2.01. The molecule has 0 saturated carbocycles. The number of hydrazone groups is 1. The van der Waals surface area contributed by atoms with E-state index in [0.717, 1.165) is 5.56 Å². The first-order valence-electron chi connectivity index (χ1n) is 7.07. The molecule has 3 rings (SSSR count). The third-order valence-corrected chi connectivity index (χ3v) is 3.81. The zero-order chi connectivity index (χ0) is 16.9. The van der Waals surface area contributed by atoms with Crippen LogP contribution in [0.4, 0.5) is 0 Å². The fourth-order valence-electron chi connectivity index (χ4n) is 2.05. The second-order valence-electron chi connectivity index (χ2n) is 4.89. The molecule has 6 heteroatoms. The first-order chi connectivity index (χ1) is 11.6. The number of carbonyl (C=O) groups excluding carboxylic acids is 1. The number of carbonyl (C=O) groups is 1. The predicted molar refractivity (Wildman–Crippen MR) is 95.7 cm³/mol. The summed E-state index contributed by atoms with van der Waals surface area (Å²) in [6.07, 6.45) is 1.42. The molecule has 0 fully saturated rings. The first-order valence-corrected chi connectivity index (χ1v) is 7.83. The maximum absolute atomic E-state index is 12.0. The topological polar surface area (TPSA) is 54.6 Å². The van der Waals surface area contributed by atoms with Gasteiger partial charge in [-0.3, -0.25) is 4.79 Å². The summed E-state index contributed by atoms with van der Waals surface area (Å²) in [6, 6.07) is 17.6. The third-order valence-electron chi connectivity index (χ3n) is 3.23. The average molecular weight is 359 g/mol. The van der Waals surface area contributed by atoms with Crippen LogP contribution in [0.5, 0.6) is 0 Å². The monoisotopic (exact) mass is 358 g/mol. The van der Waals surface area contributed by atoms with Gasteiger partial charge in [0.2, 0.25) is 0 Å². The molecular weight excluding hydrogens is 347 g/mol. The van der Waals surface area contributed by atoms with Crippen molar-refractivity contribution in [3.63, 3.8) is 0 Å². The Kier molecular flexibility index (Phi) is 4.99. The highest BCUT2D eigenvalue weighted by molar-refractivity contribution is 6.33. The molecule has 1 aromatic heterocycles. The number of nitrogens with one attached hydrogen (secondary N) is 1. The van der Waals surface area contributed by atoms with Crippen molar-refractivity contribution in [2.45, 2.75) is 0 Å². The molecule has 0 radical (unpaired) electrons. The molecule has 2 aromatic carbocycles. The Morgan fingerprint density at radius 2 is 1.75 bits per heavy atom. The Morgan fingerprint density at radius 1 is 1.00 bits per heavy atom. The van der Waals surface area contributed by atoms with E-state index in [9.17, 15) is 4.79 Å². The lowest BCUT2D eigenvalue weighted by atomic mass is 10.2. The molecule has 1 heterocycles. The van der Waals surface area contributed by atoms with Gasteiger partial charge in [-0.2, -0.15) is 5.10 Å². The minimum Gasteiger partial charge on any atom is -0.455 e. The quantitative estimate of drug-likeness (QED) is 0.525. The molecule has 0 saturated heterocycles. The van der Waals surface area contributed by atoms with Crippen molar-refractivity contribution >= 4 is 35.3 Å². The Balaban J connectivity index is 1.66. The van der Waals surface area contributed by atoms with Crippen LogP contribution in [0.1, 0.15) is 16.1 Å². The van der Waals surface area contributed by atoms with Crippen molar-refractivity contribution < 1.29 is 9.21 Å². The van der Waals surface area contributed by atoms with Crippen molar-refractivity contribution in [2.75, 3.05) is 0 Å². The van der Waals surface area contributed by atoms with Gasteiger partial charge < -0.3 is 4.42 Å². The van der Waals surface area contributed by atoms with Crippen molar-refractivity contribution in [3.8, 4) is 11.3 Å². The van der Waals surface area contributed by atoms with Gasteiger partial charge in [-0.1, -0.05) is 35.3 Å². The minimum absolute atomic E-state index is 0.359. The fourth-order valence-corrected chi connectivity index (χ4v) is 2.40. The third kappa shape index (κ3) is 3.85. The van der Waals surface area contributed by atoms with Gasteiger partial charge in [0.1, 0.15) is 11.5 Å². The summed E-state index contributed by atoms with van der Waals surface area (Å²) in [7, 11) is 0. The number of rotatable bonds is 4. The van der Waals surface area contributed by atoms with E-state index in [2.05, 4.69) is 10.5 Å². The molecule has 0 aliphatic heterocycles. The highest BCUT2D eigenvalue weighted by Crippen LogP contribution is 2.23. The van der Waals surface area contributed by atoms with Crippen LogP contribution in [-0.4, -0.2) is 12.1 Å². The summed E-state index contributed by atoms with van der Waals surface area (Å²) in [4.78, 5) is 12.0. The van der Waals surface area contributed by atoms with Crippen LogP contribution in [0, 0.1) is 0 Å². The zero-order valence-corrected chi connectivity index (χ0v) is 13.9. The summed E-state index contributed by atoms with van der Waals surface area (Å²) < 4.78 is 5.65. The van der Waals surface area contributed by atoms with Crippen LogP contribution < -0.4 is 5.43 Å². The van der Waals surface area contributed by atoms with Crippen LogP contribution in [0.25, 0.3) is 11.3 Å². The molecule has 3 aromatic rings. The van der Waals surface area contributed by atoms with E-state index in [1.165, 1.54) is 6.21 Å². The van der Waals surface area contributed by atoms with E-state index in [0.29, 0.717) is 27.1 Å². The lowest BCUT2D eigenvalue weighted by molar-refractivity contribution is 0.0955. The van der Waals surface area contributed by atoms with E-state index < -0.39 is 0 Å². The standard InChI is InChI=1S/C18H12Cl2N2O2/c19-13-7-5-12(6-8-13)17-10-9-14(24-17)11-21-22-18(23)15-3-1-2-4-16(15)20/h1-11H,(H,22,23)/b21-11-. The molecule has 1 amide bonds. The number of furan rings is 1. The van der Waals surface area contributed by atoms with Crippen LogP contribution in [-0.2, 0) is 0 Å². The summed E-state index contributed by atoms with van der Waals surface area (Å²) in [5.41, 5.74) is 3.67. The normalized spacial score (nSPS) is 10.9. The number of amides is 1. The predicted octanol–water partition coefficient (Wildman–Crippen LogP) is 5.02. The molecule has 24 heavy (non-hydrogen) atoms. The largest absolute Gasteiger partial charge is 0.455 e. The van der Waals surface area contributed by atoms with Crippen molar-refractivity contribution in [3.05, 3.63) is 82.0 Å². The van der Waals surface area contributed by atoms with Gasteiger partial charge in [0.25, 0.3) is 5.91 Å². The molecule has 0 atom stereocenters. The molecule has 0 aliphatic rings. The highest BCUT2D eigenvalue weighted by Gasteiger charge is 2.08. The van der Waals surface area contributed by atoms with Gasteiger partial charge in [-0.05, 0) is 48.5 Å². The minimum atomic E-state index is -0.388. The van der Waals surface area contributed by atoms with Crippen molar-refractivity contribution in [1.82, 2.24) is 5.43 Å². The van der Waals surface area contributed by atoms with E-state index in [-0.39, 0.29) is 5.91 Å². The van der Waals surface area contributed by atoms with Gasteiger partial charge >= 0.3 is 0 Å². The fraction of sp³-hybridized carbons (Fsp3) is 0. The average Bonchev–Trinajstić information content (AvgIpc) is 3.04. The first kappa shape index (κ1) is 16.3. The second kappa shape index (κ2) is 7.34.